The summed E-state index contributed by atoms with van der Waals surface area (Å²) in [7, 11) is 0. The first-order valence-electron chi connectivity index (χ1n) is 14.9. The van der Waals surface area contributed by atoms with E-state index in [1.54, 1.807) is 11.3 Å². The normalized spacial score (nSPS) is 17.5. The molecule has 42 heavy (non-hydrogen) atoms. The van der Waals surface area contributed by atoms with Gasteiger partial charge in [0.1, 0.15) is 0 Å². The Morgan fingerprint density at radius 2 is 0.738 bits per heavy atom. The number of thiophene rings is 1. The Morgan fingerprint density at radius 3 is 1.10 bits per heavy atom. The minimum atomic E-state index is 0.767. The molecule has 222 valence electrons. The standard InChI is InChI=1S/C32H39Cl2N7S/c33-27-23-7-3-1-5-21(23)25-26-22-6-2-4-8-24(22)28(34)30-32(26)42-31(25)29(27)40-19-17-38-15-13-36-11-9-35-10-12-37-14-16-39-18-20-41-30/h1-8,35-41H,9-20H2. The third-order valence-electron chi connectivity index (χ3n) is 7.79. The number of benzene rings is 4. The van der Waals surface area contributed by atoms with Crippen molar-refractivity contribution in [2.24, 2.45) is 0 Å². The first kappa shape index (κ1) is 29.7. The minimum absolute atomic E-state index is 0.767. The van der Waals surface area contributed by atoms with E-state index in [9.17, 15) is 0 Å². The predicted molar refractivity (Wildman–Crippen MR) is 186 cm³/mol. The summed E-state index contributed by atoms with van der Waals surface area (Å²) in [4.78, 5) is 0. The highest BCUT2D eigenvalue weighted by molar-refractivity contribution is 7.27. The molecule has 0 saturated carbocycles. The lowest BCUT2D eigenvalue weighted by Crippen LogP contribution is -2.37. The number of hydrogen-bond donors (Lipinski definition) is 7. The van der Waals surface area contributed by atoms with Crippen molar-refractivity contribution in [3.63, 3.8) is 0 Å². The van der Waals surface area contributed by atoms with E-state index in [-0.39, 0.29) is 0 Å². The Balaban J connectivity index is 1.42. The van der Waals surface area contributed by atoms with Gasteiger partial charge >= 0.3 is 0 Å². The molecule has 1 aliphatic heterocycles. The third-order valence-corrected chi connectivity index (χ3v) is 9.80. The summed E-state index contributed by atoms with van der Waals surface area (Å²) in [6.45, 7) is 10.8. The number of anilines is 2. The fraction of sp³-hybridized carbons (Fsp3) is 0.375. The largest absolute Gasteiger partial charge is 0.381 e. The van der Waals surface area contributed by atoms with E-state index in [1.165, 1.54) is 10.8 Å². The van der Waals surface area contributed by atoms with E-state index in [1.807, 2.05) is 0 Å². The monoisotopic (exact) mass is 623 g/mol. The van der Waals surface area contributed by atoms with Crippen molar-refractivity contribution < 1.29 is 0 Å². The summed E-state index contributed by atoms with van der Waals surface area (Å²) >= 11 is 16.1. The van der Waals surface area contributed by atoms with Gasteiger partial charge in [-0.3, -0.25) is 0 Å². The molecular formula is C32H39Cl2N7S. The van der Waals surface area contributed by atoms with Gasteiger partial charge in [-0.05, 0) is 10.8 Å². The molecule has 0 amide bonds. The van der Waals surface area contributed by atoms with E-state index in [0.29, 0.717) is 0 Å². The average molecular weight is 625 g/mol. The van der Waals surface area contributed by atoms with Crippen LogP contribution < -0.4 is 37.2 Å². The van der Waals surface area contributed by atoms with E-state index >= 15 is 0 Å². The van der Waals surface area contributed by atoms with Gasteiger partial charge in [0, 0.05) is 100 Å². The lowest BCUT2D eigenvalue weighted by molar-refractivity contribution is 0.560. The summed E-state index contributed by atoms with van der Waals surface area (Å²) < 4.78 is 2.33. The van der Waals surface area contributed by atoms with Crippen molar-refractivity contribution in [2.75, 3.05) is 89.2 Å². The molecule has 1 aliphatic rings. The lowest BCUT2D eigenvalue weighted by Gasteiger charge is -2.15. The van der Waals surface area contributed by atoms with Gasteiger partial charge < -0.3 is 37.2 Å². The second-order valence-electron chi connectivity index (χ2n) is 10.6. The Bertz CT molecular complexity index is 1550. The molecule has 0 radical (unpaired) electrons. The van der Waals surface area contributed by atoms with Crippen molar-refractivity contribution in [1.29, 1.82) is 0 Å². The predicted octanol–water partition coefficient (Wildman–Crippen LogP) is 5.45. The van der Waals surface area contributed by atoms with Gasteiger partial charge in [0.25, 0.3) is 0 Å². The highest BCUT2D eigenvalue weighted by atomic mass is 35.5. The summed E-state index contributed by atoms with van der Waals surface area (Å²) in [5.74, 6) is 0. The third kappa shape index (κ3) is 6.27. The van der Waals surface area contributed by atoms with Gasteiger partial charge in [0.15, 0.2) is 0 Å². The van der Waals surface area contributed by atoms with Gasteiger partial charge in [-0.25, -0.2) is 0 Å². The maximum absolute atomic E-state index is 7.15. The van der Waals surface area contributed by atoms with E-state index in [2.05, 4.69) is 85.7 Å². The molecule has 6 rings (SSSR count). The van der Waals surface area contributed by atoms with Crippen LogP contribution in [0.2, 0.25) is 10.0 Å². The highest BCUT2D eigenvalue weighted by Crippen LogP contribution is 2.52. The van der Waals surface area contributed by atoms with Gasteiger partial charge in [-0.1, -0.05) is 71.7 Å². The minimum Gasteiger partial charge on any atom is -0.381 e. The zero-order chi connectivity index (χ0) is 28.7. The van der Waals surface area contributed by atoms with Crippen LogP contribution in [0.1, 0.15) is 0 Å². The molecule has 1 aromatic heterocycles. The number of rotatable bonds is 0. The highest BCUT2D eigenvalue weighted by Gasteiger charge is 2.23. The van der Waals surface area contributed by atoms with Gasteiger partial charge in [-0.15, -0.1) is 11.3 Å². The lowest BCUT2D eigenvalue weighted by atomic mass is 9.98. The molecule has 0 spiro atoms. The van der Waals surface area contributed by atoms with Crippen LogP contribution in [0.15, 0.2) is 48.5 Å². The fourth-order valence-electron chi connectivity index (χ4n) is 5.75. The van der Waals surface area contributed by atoms with Crippen LogP contribution in [-0.4, -0.2) is 78.5 Å². The molecule has 4 aromatic carbocycles. The first-order valence-corrected chi connectivity index (χ1v) is 16.5. The zero-order valence-electron chi connectivity index (χ0n) is 23.8. The van der Waals surface area contributed by atoms with Crippen LogP contribution in [-0.2, 0) is 0 Å². The Hall–Kier alpha value is -2.40. The smallest absolute Gasteiger partial charge is 0.0730 e. The van der Waals surface area contributed by atoms with Gasteiger partial charge in [0.05, 0.1) is 30.8 Å². The molecule has 7 N–H and O–H groups in total. The van der Waals surface area contributed by atoms with Crippen LogP contribution in [0.4, 0.5) is 11.4 Å². The maximum Gasteiger partial charge on any atom is 0.0730 e. The van der Waals surface area contributed by atoms with Crippen molar-refractivity contribution in [3.8, 4) is 0 Å². The molecule has 0 unspecified atom stereocenters. The zero-order valence-corrected chi connectivity index (χ0v) is 26.1. The molecule has 0 aliphatic carbocycles. The van der Waals surface area contributed by atoms with Gasteiger partial charge in [0.2, 0.25) is 0 Å². The van der Waals surface area contributed by atoms with Crippen LogP contribution >= 0.6 is 34.5 Å². The Kier molecular flexibility index (Phi) is 10.2. The fourth-order valence-corrected chi connectivity index (χ4v) is 7.90. The summed E-state index contributed by atoms with van der Waals surface area (Å²) in [6.07, 6.45) is 0. The summed E-state index contributed by atoms with van der Waals surface area (Å²) in [6, 6.07) is 17.0. The Labute approximate surface area is 261 Å². The number of nitrogens with one attached hydrogen (secondary N) is 7. The van der Waals surface area contributed by atoms with E-state index < -0.39 is 0 Å². The average Bonchev–Trinajstić information content (AvgIpc) is 3.41. The molecular weight excluding hydrogens is 585 g/mol. The van der Waals surface area contributed by atoms with Crippen LogP contribution in [0.25, 0.3) is 41.7 Å². The quantitative estimate of drug-likeness (QED) is 0.123. The second kappa shape index (κ2) is 14.4. The molecule has 2 heterocycles. The van der Waals surface area contributed by atoms with Crippen LogP contribution in [0.5, 0.6) is 0 Å². The van der Waals surface area contributed by atoms with Crippen LogP contribution in [0.3, 0.4) is 0 Å². The maximum atomic E-state index is 7.15. The second-order valence-corrected chi connectivity index (χ2v) is 12.4. The molecule has 7 nitrogen and oxygen atoms in total. The molecule has 0 fully saturated rings. The van der Waals surface area contributed by atoms with Gasteiger partial charge in [-0.2, -0.15) is 0 Å². The first-order chi connectivity index (χ1) is 20.8. The van der Waals surface area contributed by atoms with Crippen molar-refractivity contribution in [2.45, 2.75) is 0 Å². The number of halogens is 2. The molecule has 0 atom stereocenters. The van der Waals surface area contributed by atoms with E-state index in [0.717, 1.165) is 131 Å². The molecule has 5 aromatic rings. The SMILES string of the molecule is Clc1c2c3sc4c(c(Cl)c5ccccc5c4c3c3ccccc13)NCCNCCNCCNCCNCCNCCN2. The van der Waals surface area contributed by atoms with Crippen LogP contribution in [0, 0.1) is 0 Å². The number of fused-ring (bicyclic) bond motifs is 5. The van der Waals surface area contributed by atoms with Crippen molar-refractivity contribution in [1.82, 2.24) is 26.6 Å². The molecule has 0 saturated heterocycles. The number of hydrogen-bond acceptors (Lipinski definition) is 8. The molecule has 10 heteroatoms. The Morgan fingerprint density at radius 1 is 0.429 bits per heavy atom. The summed E-state index contributed by atoms with van der Waals surface area (Å²) in [5, 5.41) is 33.4. The van der Waals surface area contributed by atoms with Crippen molar-refractivity contribution >= 4 is 87.6 Å². The van der Waals surface area contributed by atoms with E-state index in [4.69, 9.17) is 23.2 Å². The molecule has 2 bridgehead atoms. The van der Waals surface area contributed by atoms with Crippen molar-refractivity contribution in [3.05, 3.63) is 58.6 Å². The topological polar surface area (TPSA) is 84.2 Å². The summed E-state index contributed by atoms with van der Waals surface area (Å²) in [5.41, 5.74) is 1.99.